The van der Waals surface area contributed by atoms with Crippen molar-refractivity contribution in [2.24, 2.45) is 0 Å². The minimum absolute atomic E-state index is 0.569. The molecule has 0 aliphatic carbocycles. The van der Waals surface area contributed by atoms with Gasteiger partial charge in [0.2, 0.25) is 0 Å². The third kappa shape index (κ3) is 1.60. The molecule has 1 aromatic rings. The third-order valence-electron chi connectivity index (χ3n) is 1.95. The lowest BCUT2D eigenvalue weighted by Crippen LogP contribution is -2.29. The molecule has 2 heterocycles. The Bertz CT molecular complexity index is 202. The summed E-state index contributed by atoms with van der Waals surface area (Å²) in [5, 5.41) is 3.48. The van der Waals surface area contributed by atoms with Crippen molar-refractivity contribution >= 4 is 11.8 Å². The SMILES string of the molecule is c1cc(C2CSCCN2)c[nH]1. The zero-order valence-electron chi connectivity index (χ0n) is 6.34. The van der Waals surface area contributed by atoms with Gasteiger partial charge in [-0.3, -0.25) is 0 Å². The molecule has 1 aromatic heterocycles. The molecule has 2 N–H and O–H groups in total. The van der Waals surface area contributed by atoms with Crippen molar-refractivity contribution in [3.63, 3.8) is 0 Å². The third-order valence-corrected chi connectivity index (χ3v) is 3.01. The second-order valence-electron chi connectivity index (χ2n) is 2.73. The molecule has 0 spiro atoms. The molecule has 1 saturated heterocycles. The summed E-state index contributed by atoms with van der Waals surface area (Å²) in [5.41, 5.74) is 1.39. The summed E-state index contributed by atoms with van der Waals surface area (Å²) in [6.45, 7) is 1.14. The molecule has 0 aromatic carbocycles. The summed E-state index contributed by atoms with van der Waals surface area (Å²) in [5.74, 6) is 2.46. The summed E-state index contributed by atoms with van der Waals surface area (Å²) in [4.78, 5) is 3.08. The quantitative estimate of drug-likeness (QED) is 0.663. The van der Waals surface area contributed by atoms with E-state index in [1.54, 1.807) is 0 Å². The maximum atomic E-state index is 3.48. The summed E-state index contributed by atoms with van der Waals surface area (Å²) >= 11 is 2.02. The summed E-state index contributed by atoms with van der Waals surface area (Å²) in [6, 6.07) is 2.71. The Morgan fingerprint density at radius 2 is 2.55 bits per heavy atom. The number of rotatable bonds is 1. The van der Waals surface area contributed by atoms with Gasteiger partial charge in [0, 0.05) is 36.5 Å². The standard InChI is InChI=1S/C8H12N2S/c1-2-9-5-7(1)8-6-11-4-3-10-8/h1-2,5,8-10H,3-4,6H2. The fourth-order valence-corrected chi connectivity index (χ4v) is 2.31. The Labute approximate surface area is 70.8 Å². The predicted molar refractivity (Wildman–Crippen MR) is 48.9 cm³/mol. The van der Waals surface area contributed by atoms with Gasteiger partial charge in [0.1, 0.15) is 0 Å². The van der Waals surface area contributed by atoms with Crippen LogP contribution < -0.4 is 5.32 Å². The average Bonchev–Trinajstić information content (AvgIpc) is 2.58. The smallest absolute Gasteiger partial charge is 0.0427 e. The molecule has 0 amide bonds. The first kappa shape index (κ1) is 7.25. The van der Waals surface area contributed by atoms with E-state index in [1.165, 1.54) is 17.1 Å². The van der Waals surface area contributed by atoms with Gasteiger partial charge in [-0.05, 0) is 11.6 Å². The molecule has 0 saturated carbocycles. The molecule has 2 rings (SSSR count). The lowest BCUT2D eigenvalue weighted by Gasteiger charge is -2.21. The first-order valence-electron chi connectivity index (χ1n) is 3.90. The zero-order valence-corrected chi connectivity index (χ0v) is 7.16. The topological polar surface area (TPSA) is 27.8 Å². The second-order valence-corrected chi connectivity index (χ2v) is 3.88. The zero-order chi connectivity index (χ0) is 7.52. The van der Waals surface area contributed by atoms with Crippen molar-refractivity contribution in [1.82, 2.24) is 10.3 Å². The van der Waals surface area contributed by atoms with Gasteiger partial charge in [-0.1, -0.05) is 0 Å². The second kappa shape index (κ2) is 3.32. The lowest BCUT2D eigenvalue weighted by atomic mass is 10.2. The largest absolute Gasteiger partial charge is 0.367 e. The molecular weight excluding hydrogens is 156 g/mol. The van der Waals surface area contributed by atoms with E-state index in [2.05, 4.69) is 22.6 Å². The van der Waals surface area contributed by atoms with E-state index in [-0.39, 0.29) is 0 Å². The summed E-state index contributed by atoms with van der Waals surface area (Å²) in [7, 11) is 0. The lowest BCUT2D eigenvalue weighted by molar-refractivity contribution is 0.595. The Hall–Kier alpha value is -0.410. The molecular formula is C8H12N2S. The van der Waals surface area contributed by atoms with Crippen LogP contribution in [0.4, 0.5) is 0 Å². The molecule has 1 aliphatic heterocycles. The van der Waals surface area contributed by atoms with E-state index in [0.29, 0.717) is 6.04 Å². The minimum Gasteiger partial charge on any atom is -0.367 e. The first-order valence-corrected chi connectivity index (χ1v) is 5.06. The number of H-pyrrole nitrogens is 1. The molecule has 1 atom stereocenters. The van der Waals surface area contributed by atoms with Crippen LogP contribution in [0.2, 0.25) is 0 Å². The molecule has 1 fully saturated rings. The van der Waals surface area contributed by atoms with Crippen molar-refractivity contribution < 1.29 is 0 Å². The van der Waals surface area contributed by atoms with Gasteiger partial charge in [-0.15, -0.1) is 0 Å². The highest BCUT2D eigenvalue weighted by Gasteiger charge is 2.14. The van der Waals surface area contributed by atoms with Crippen LogP contribution in [0.15, 0.2) is 18.5 Å². The highest BCUT2D eigenvalue weighted by Crippen LogP contribution is 2.20. The van der Waals surface area contributed by atoms with Crippen LogP contribution in [-0.2, 0) is 0 Å². The Morgan fingerprint density at radius 3 is 3.18 bits per heavy atom. The number of hydrogen-bond acceptors (Lipinski definition) is 2. The van der Waals surface area contributed by atoms with Crippen LogP contribution in [0.25, 0.3) is 0 Å². The molecule has 0 bridgehead atoms. The van der Waals surface area contributed by atoms with Crippen molar-refractivity contribution in [3.8, 4) is 0 Å². The number of thioether (sulfide) groups is 1. The van der Waals surface area contributed by atoms with Crippen LogP contribution in [0, 0.1) is 0 Å². The Kier molecular flexibility index (Phi) is 2.19. The van der Waals surface area contributed by atoms with E-state index in [0.717, 1.165) is 6.54 Å². The summed E-state index contributed by atoms with van der Waals surface area (Å²) < 4.78 is 0. The highest BCUT2D eigenvalue weighted by molar-refractivity contribution is 7.99. The van der Waals surface area contributed by atoms with Gasteiger partial charge in [0.05, 0.1) is 0 Å². The fraction of sp³-hybridized carbons (Fsp3) is 0.500. The van der Waals surface area contributed by atoms with Gasteiger partial charge < -0.3 is 10.3 Å². The first-order chi connectivity index (χ1) is 5.47. The summed E-state index contributed by atoms with van der Waals surface area (Å²) in [6.07, 6.45) is 4.06. The van der Waals surface area contributed by atoms with Crippen molar-refractivity contribution in [2.75, 3.05) is 18.1 Å². The molecule has 0 radical (unpaired) electrons. The van der Waals surface area contributed by atoms with Gasteiger partial charge in [0.15, 0.2) is 0 Å². The Balaban J connectivity index is 2.04. The molecule has 60 valence electrons. The maximum absolute atomic E-state index is 3.48. The van der Waals surface area contributed by atoms with Gasteiger partial charge in [-0.2, -0.15) is 11.8 Å². The normalized spacial score (nSPS) is 25.3. The highest BCUT2D eigenvalue weighted by atomic mass is 32.2. The van der Waals surface area contributed by atoms with Gasteiger partial charge >= 0.3 is 0 Å². The average molecular weight is 168 g/mol. The minimum atomic E-state index is 0.569. The van der Waals surface area contributed by atoms with Gasteiger partial charge in [-0.25, -0.2) is 0 Å². The number of hydrogen-bond donors (Lipinski definition) is 2. The number of aromatic amines is 1. The fourth-order valence-electron chi connectivity index (χ4n) is 1.33. The molecule has 1 aliphatic rings. The van der Waals surface area contributed by atoms with Crippen LogP contribution in [0.3, 0.4) is 0 Å². The molecule has 1 unspecified atom stereocenters. The van der Waals surface area contributed by atoms with E-state index in [9.17, 15) is 0 Å². The van der Waals surface area contributed by atoms with Gasteiger partial charge in [0.25, 0.3) is 0 Å². The molecule has 11 heavy (non-hydrogen) atoms. The van der Waals surface area contributed by atoms with E-state index in [1.807, 2.05) is 18.0 Å². The van der Waals surface area contributed by atoms with E-state index >= 15 is 0 Å². The van der Waals surface area contributed by atoms with Crippen molar-refractivity contribution in [1.29, 1.82) is 0 Å². The Morgan fingerprint density at radius 1 is 1.55 bits per heavy atom. The van der Waals surface area contributed by atoms with Crippen molar-refractivity contribution in [2.45, 2.75) is 6.04 Å². The molecule has 3 heteroatoms. The van der Waals surface area contributed by atoms with E-state index in [4.69, 9.17) is 0 Å². The van der Waals surface area contributed by atoms with Crippen LogP contribution in [0.1, 0.15) is 11.6 Å². The number of aromatic nitrogens is 1. The van der Waals surface area contributed by atoms with Crippen molar-refractivity contribution in [3.05, 3.63) is 24.0 Å². The molecule has 2 nitrogen and oxygen atoms in total. The van der Waals surface area contributed by atoms with Crippen LogP contribution >= 0.6 is 11.8 Å². The van der Waals surface area contributed by atoms with Crippen LogP contribution in [0.5, 0.6) is 0 Å². The van der Waals surface area contributed by atoms with E-state index < -0.39 is 0 Å². The van der Waals surface area contributed by atoms with Crippen LogP contribution in [-0.4, -0.2) is 23.0 Å². The maximum Gasteiger partial charge on any atom is 0.0427 e. The number of nitrogens with one attached hydrogen (secondary N) is 2. The monoisotopic (exact) mass is 168 g/mol. The predicted octanol–water partition coefficient (Wildman–Crippen LogP) is 1.39.